The van der Waals surface area contributed by atoms with Crippen molar-refractivity contribution in [2.75, 3.05) is 17.3 Å². The molecule has 0 bridgehead atoms. The molecule has 0 saturated heterocycles. The molecule has 0 amide bonds. The Morgan fingerprint density at radius 1 is 1.58 bits per heavy atom. The van der Waals surface area contributed by atoms with Gasteiger partial charge in [-0.2, -0.15) is 0 Å². The second-order valence-electron chi connectivity index (χ2n) is 3.44. The smallest absolute Gasteiger partial charge is 0.354 e. The van der Waals surface area contributed by atoms with Gasteiger partial charge in [-0.1, -0.05) is 0 Å². The Hall–Kier alpha value is -2.49. The highest BCUT2D eigenvalue weighted by molar-refractivity contribution is 5.80. The van der Waals surface area contributed by atoms with Gasteiger partial charge in [0.15, 0.2) is 0 Å². The minimum atomic E-state index is -0.792. The second-order valence-corrected chi connectivity index (χ2v) is 3.44. The third kappa shape index (κ3) is 3.48. The van der Waals surface area contributed by atoms with Gasteiger partial charge in [-0.05, 0) is 13.8 Å². The predicted molar refractivity (Wildman–Crippen MR) is 66.2 cm³/mol. The maximum absolute atomic E-state index is 11.4. The molecular formula is C9H14N6O4. The molecule has 1 rings (SSSR count). The fraction of sp³-hybridized carbons (Fsp3) is 0.444. The lowest BCUT2D eigenvalue weighted by Crippen LogP contribution is -2.29. The van der Waals surface area contributed by atoms with E-state index in [9.17, 15) is 14.9 Å². The van der Waals surface area contributed by atoms with Crippen LogP contribution in [-0.2, 0) is 9.53 Å². The molecule has 0 aliphatic rings. The number of hydrogen-bond donors (Lipinski definition) is 3. The monoisotopic (exact) mass is 270 g/mol. The van der Waals surface area contributed by atoms with E-state index in [1.165, 1.54) is 6.92 Å². The highest BCUT2D eigenvalue weighted by Crippen LogP contribution is 2.28. The van der Waals surface area contributed by atoms with Crippen molar-refractivity contribution in [3.8, 4) is 0 Å². The summed E-state index contributed by atoms with van der Waals surface area (Å²) in [5.41, 5.74) is 1.65. The summed E-state index contributed by atoms with van der Waals surface area (Å²) in [5, 5.41) is 13.5. The normalized spacial score (nSPS) is 11.5. The molecule has 1 heterocycles. The Labute approximate surface area is 108 Å². The zero-order valence-electron chi connectivity index (χ0n) is 10.4. The van der Waals surface area contributed by atoms with Crippen LogP contribution in [0.5, 0.6) is 0 Å². The first-order valence-electron chi connectivity index (χ1n) is 5.40. The van der Waals surface area contributed by atoms with Gasteiger partial charge in [0, 0.05) is 0 Å². The number of nitro groups is 1. The minimum Gasteiger partial charge on any atom is -0.464 e. The Balaban J connectivity index is 3.01. The number of esters is 1. The SMILES string of the molecule is CCOC(=O)C(C)Nc1ncnc(NN)c1[N+](=O)[O-]. The fourth-order valence-electron chi connectivity index (χ4n) is 1.29. The van der Waals surface area contributed by atoms with Crippen LogP contribution in [0.3, 0.4) is 0 Å². The molecule has 104 valence electrons. The zero-order chi connectivity index (χ0) is 14.4. The predicted octanol–water partition coefficient (Wildman–Crippen LogP) is 0.0339. The van der Waals surface area contributed by atoms with E-state index in [0.717, 1.165) is 6.33 Å². The van der Waals surface area contributed by atoms with Crippen LogP contribution >= 0.6 is 0 Å². The maximum atomic E-state index is 11.4. The van der Waals surface area contributed by atoms with Crippen LogP contribution in [0.15, 0.2) is 6.33 Å². The minimum absolute atomic E-state index is 0.117. The van der Waals surface area contributed by atoms with E-state index in [1.807, 2.05) is 0 Å². The summed E-state index contributed by atoms with van der Waals surface area (Å²) < 4.78 is 4.78. The number of nitrogens with two attached hydrogens (primary N) is 1. The number of rotatable bonds is 6. The number of aromatic nitrogens is 2. The largest absolute Gasteiger partial charge is 0.464 e. The highest BCUT2D eigenvalue weighted by Gasteiger charge is 2.25. The number of nitrogen functional groups attached to an aromatic ring is 1. The molecule has 0 spiro atoms. The summed E-state index contributed by atoms with van der Waals surface area (Å²) in [6.07, 6.45) is 1.09. The number of carbonyl (C=O) groups is 1. The molecule has 1 unspecified atom stereocenters. The molecular weight excluding hydrogens is 256 g/mol. The van der Waals surface area contributed by atoms with Crippen LogP contribution in [0, 0.1) is 10.1 Å². The number of ether oxygens (including phenoxy) is 1. The van der Waals surface area contributed by atoms with Gasteiger partial charge >= 0.3 is 11.7 Å². The van der Waals surface area contributed by atoms with Gasteiger partial charge in [0.25, 0.3) is 0 Å². The van der Waals surface area contributed by atoms with Crippen molar-refractivity contribution in [2.45, 2.75) is 19.9 Å². The molecule has 0 fully saturated rings. The highest BCUT2D eigenvalue weighted by atomic mass is 16.6. The van der Waals surface area contributed by atoms with E-state index in [4.69, 9.17) is 10.6 Å². The lowest BCUT2D eigenvalue weighted by Gasteiger charge is -2.13. The van der Waals surface area contributed by atoms with Crippen LogP contribution in [-0.4, -0.2) is 33.5 Å². The maximum Gasteiger partial charge on any atom is 0.354 e. The molecule has 19 heavy (non-hydrogen) atoms. The second kappa shape index (κ2) is 6.44. The van der Waals surface area contributed by atoms with Gasteiger partial charge in [0.05, 0.1) is 11.5 Å². The van der Waals surface area contributed by atoms with Crippen molar-refractivity contribution in [3.05, 3.63) is 16.4 Å². The summed E-state index contributed by atoms with van der Waals surface area (Å²) in [4.78, 5) is 29.0. The van der Waals surface area contributed by atoms with Crippen LogP contribution in [0.1, 0.15) is 13.8 Å². The quantitative estimate of drug-likeness (QED) is 0.282. The molecule has 0 radical (unpaired) electrons. The first-order valence-corrected chi connectivity index (χ1v) is 5.40. The van der Waals surface area contributed by atoms with Gasteiger partial charge in [-0.3, -0.25) is 10.1 Å². The number of nitrogens with zero attached hydrogens (tertiary/aromatic N) is 3. The third-order valence-corrected chi connectivity index (χ3v) is 2.13. The molecule has 1 aromatic heterocycles. The molecule has 10 nitrogen and oxygen atoms in total. The lowest BCUT2D eigenvalue weighted by molar-refractivity contribution is -0.383. The average Bonchev–Trinajstić information content (AvgIpc) is 2.38. The van der Waals surface area contributed by atoms with Crippen molar-refractivity contribution in [1.82, 2.24) is 9.97 Å². The summed E-state index contributed by atoms with van der Waals surface area (Å²) in [6.45, 7) is 3.37. The van der Waals surface area contributed by atoms with Crippen LogP contribution in [0.4, 0.5) is 17.3 Å². The Morgan fingerprint density at radius 2 is 2.21 bits per heavy atom. The molecule has 0 aliphatic heterocycles. The molecule has 0 saturated carbocycles. The first kappa shape index (κ1) is 14.6. The van der Waals surface area contributed by atoms with Crippen LogP contribution < -0.4 is 16.6 Å². The van der Waals surface area contributed by atoms with E-state index < -0.39 is 22.6 Å². The van der Waals surface area contributed by atoms with E-state index in [-0.39, 0.29) is 18.2 Å². The average molecular weight is 270 g/mol. The first-order chi connectivity index (χ1) is 9.01. The fourth-order valence-corrected chi connectivity index (χ4v) is 1.29. The summed E-state index contributed by atoms with van der Waals surface area (Å²) >= 11 is 0. The lowest BCUT2D eigenvalue weighted by atomic mass is 10.3. The third-order valence-electron chi connectivity index (χ3n) is 2.13. The number of anilines is 2. The molecule has 4 N–H and O–H groups in total. The standard InChI is InChI=1S/C9H14N6O4/c1-3-19-9(16)5(2)13-7-6(15(17)18)8(14-10)12-4-11-7/h4-5H,3,10H2,1-2H3,(H2,11,12,13,14). The van der Waals surface area contributed by atoms with Crippen LogP contribution in [0.2, 0.25) is 0 Å². The van der Waals surface area contributed by atoms with Gasteiger partial charge < -0.3 is 15.5 Å². The van der Waals surface area contributed by atoms with Crippen molar-refractivity contribution in [1.29, 1.82) is 0 Å². The van der Waals surface area contributed by atoms with Crippen molar-refractivity contribution < 1.29 is 14.5 Å². The molecule has 10 heteroatoms. The number of nitrogens with one attached hydrogen (secondary N) is 2. The molecule has 0 aromatic carbocycles. The van der Waals surface area contributed by atoms with Crippen LogP contribution in [0.25, 0.3) is 0 Å². The van der Waals surface area contributed by atoms with E-state index in [0.29, 0.717) is 0 Å². The van der Waals surface area contributed by atoms with Crippen molar-refractivity contribution in [2.24, 2.45) is 5.84 Å². The number of hydrogen-bond acceptors (Lipinski definition) is 9. The summed E-state index contributed by atoms with van der Waals surface area (Å²) in [5.74, 6) is 4.32. The van der Waals surface area contributed by atoms with Gasteiger partial charge in [-0.25, -0.2) is 20.6 Å². The number of carbonyl (C=O) groups excluding carboxylic acids is 1. The van der Waals surface area contributed by atoms with Crippen molar-refractivity contribution in [3.63, 3.8) is 0 Å². The number of hydrazine groups is 1. The van der Waals surface area contributed by atoms with Gasteiger partial charge in [-0.15, -0.1) is 0 Å². The van der Waals surface area contributed by atoms with Gasteiger partial charge in [0.1, 0.15) is 12.4 Å². The molecule has 1 aromatic rings. The van der Waals surface area contributed by atoms with Gasteiger partial charge in [0.2, 0.25) is 11.6 Å². The molecule has 0 aliphatic carbocycles. The topological polar surface area (TPSA) is 145 Å². The Bertz CT molecular complexity index is 480. The Morgan fingerprint density at radius 3 is 2.74 bits per heavy atom. The van der Waals surface area contributed by atoms with E-state index >= 15 is 0 Å². The molecule has 1 atom stereocenters. The van der Waals surface area contributed by atoms with E-state index in [1.54, 1.807) is 6.92 Å². The summed E-state index contributed by atoms with van der Waals surface area (Å²) in [6, 6.07) is -0.792. The zero-order valence-corrected chi connectivity index (χ0v) is 10.4. The van der Waals surface area contributed by atoms with E-state index in [2.05, 4.69) is 20.7 Å². The Kier molecular flexibility index (Phi) is 4.94. The summed E-state index contributed by atoms with van der Waals surface area (Å²) in [7, 11) is 0. The van der Waals surface area contributed by atoms with Crippen molar-refractivity contribution >= 4 is 23.3 Å².